The lowest BCUT2D eigenvalue weighted by Crippen LogP contribution is -2.53. The molecule has 2 fully saturated rings. The van der Waals surface area contributed by atoms with Crippen molar-refractivity contribution in [3.8, 4) is 5.75 Å². The quantitative estimate of drug-likeness (QED) is 0.742. The van der Waals surface area contributed by atoms with Gasteiger partial charge in [-0.25, -0.2) is 4.79 Å². The van der Waals surface area contributed by atoms with Crippen molar-refractivity contribution in [3.05, 3.63) is 59.1 Å². The Morgan fingerprint density at radius 2 is 1.77 bits per heavy atom. The van der Waals surface area contributed by atoms with E-state index in [9.17, 15) is 9.90 Å². The molecule has 0 aromatic heterocycles. The van der Waals surface area contributed by atoms with Crippen LogP contribution in [0, 0.1) is 0 Å². The van der Waals surface area contributed by atoms with Gasteiger partial charge in [-0.1, -0.05) is 35.9 Å². The molecule has 2 amide bonds. The first-order chi connectivity index (χ1) is 15.1. The maximum Gasteiger partial charge on any atom is 0.317 e. The molecular weight excluding hydrogens is 416 g/mol. The molecule has 2 aromatic rings. The highest BCUT2D eigenvalue weighted by molar-refractivity contribution is 6.31. The van der Waals surface area contributed by atoms with Crippen molar-refractivity contribution in [2.24, 2.45) is 0 Å². The summed E-state index contributed by atoms with van der Waals surface area (Å²) in [6.07, 6.45) is 0. The van der Waals surface area contributed by atoms with E-state index in [-0.39, 0.29) is 17.8 Å². The number of urea groups is 1. The number of aromatic hydroxyl groups is 1. The molecule has 166 valence electrons. The number of ether oxygens (including phenoxy) is 1. The molecule has 2 aliphatic rings. The fraction of sp³-hybridized carbons (Fsp3) is 0.435. The van der Waals surface area contributed by atoms with Crippen molar-refractivity contribution in [3.63, 3.8) is 0 Å². The molecule has 8 heteroatoms. The number of rotatable bonds is 5. The van der Waals surface area contributed by atoms with Crippen LogP contribution in [0.2, 0.25) is 5.02 Å². The molecular formula is C23H29ClN4O3. The number of halogens is 1. The Kier molecular flexibility index (Phi) is 7.17. The second-order valence-electron chi connectivity index (χ2n) is 7.87. The maximum absolute atomic E-state index is 12.9. The van der Waals surface area contributed by atoms with Gasteiger partial charge in [-0.15, -0.1) is 0 Å². The summed E-state index contributed by atoms with van der Waals surface area (Å²) in [6, 6.07) is 15.0. The third-order valence-corrected chi connectivity index (χ3v) is 6.30. The molecule has 2 N–H and O–H groups in total. The van der Waals surface area contributed by atoms with Crippen molar-refractivity contribution in [1.82, 2.24) is 15.1 Å². The van der Waals surface area contributed by atoms with E-state index < -0.39 is 0 Å². The molecule has 0 spiro atoms. The Balaban J connectivity index is 1.35. The van der Waals surface area contributed by atoms with Gasteiger partial charge in [-0.05, 0) is 23.8 Å². The number of morpholine rings is 1. The smallest absolute Gasteiger partial charge is 0.317 e. The number of hydrogen-bond donors (Lipinski definition) is 2. The molecule has 0 saturated carbocycles. The van der Waals surface area contributed by atoms with Gasteiger partial charge < -0.3 is 25.0 Å². The van der Waals surface area contributed by atoms with Crippen LogP contribution in [0.3, 0.4) is 0 Å². The minimum atomic E-state index is -0.0547. The number of anilines is 1. The molecule has 0 aliphatic carbocycles. The number of carbonyl (C=O) groups is 1. The lowest BCUT2D eigenvalue weighted by Gasteiger charge is -2.38. The molecule has 2 aliphatic heterocycles. The van der Waals surface area contributed by atoms with Gasteiger partial charge in [-0.2, -0.15) is 0 Å². The highest BCUT2D eigenvalue weighted by atomic mass is 35.5. The molecule has 2 heterocycles. The minimum absolute atomic E-state index is 0.00938. The number of carbonyl (C=O) groups excluding carboxylic acids is 1. The summed E-state index contributed by atoms with van der Waals surface area (Å²) in [5.41, 5.74) is 2.01. The third kappa shape index (κ3) is 5.42. The van der Waals surface area contributed by atoms with E-state index in [0.29, 0.717) is 37.9 Å². The normalized spacial score (nSPS) is 18.6. The Labute approximate surface area is 188 Å². The van der Waals surface area contributed by atoms with Crippen LogP contribution < -0.4 is 10.2 Å². The van der Waals surface area contributed by atoms with Crippen molar-refractivity contribution in [2.45, 2.75) is 6.04 Å². The van der Waals surface area contributed by atoms with E-state index in [1.807, 2.05) is 41.3 Å². The molecule has 7 nitrogen and oxygen atoms in total. The Hall–Kier alpha value is -2.48. The molecule has 2 aromatic carbocycles. The summed E-state index contributed by atoms with van der Waals surface area (Å²) in [5.74, 6) is 0.256. The number of phenols is 1. The van der Waals surface area contributed by atoms with E-state index in [1.54, 1.807) is 12.1 Å². The number of phenolic OH excluding ortho intramolecular Hbond substituents is 1. The highest BCUT2D eigenvalue weighted by Crippen LogP contribution is 2.28. The van der Waals surface area contributed by atoms with Crippen LogP contribution in [-0.2, 0) is 4.74 Å². The van der Waals surface area contributed by atoms with E-state index in [2.05, 4.69) is 15.1 Å². The first-order valence-electron chi connectivity index (χ1n) is 10.7. The first kappa shape index (κ1) is 21.7. The number of nitrogens with one attached hydrogen (secondary N) is 1. The Morgan fingerprint density at radius 1 is 1.03 bits per heavy atom. The van der Waals surface area contributed by atoms with Crippen LogP contribution in [0.4, 0.5) is 10.5 Å². The van der Waals surface area contributed by atoms with Gasteiger partial charge in [0.2, 0.25) is 0 Å². The van der Waals surface area contributed by atoms with Gasteiger partial charge in [-0.3, -0.25) is 4.90 Å². The summed E-state index contributed by atoms with van der Waals surface area (Å²) in [6.45, 7) is 6.23. The highest BCUT2D eigenvalue weighted by Gasteiger charge is 2.27. The van der Waals surface area contributed by atoms with Gasteiger partial charge in [0.1, 0.15) is 5.75 Å². The van der Waals surface area contributed by atoms with Crippen LogP contribution in [0.25, 0.3) is 0 Å². The number of piperazine rings is 1. The Morgan fingerprint density at radius 3 is 2.48 bits per heavy atom. The predicted molar refractivity (Wildman–Crippen MR) is 122 cm³/mol. The number of amides is 2. The number of benzene rings is 2. The van der Waals surface area contributed by atoms with Crippen molar-refractivity contribution in [2.75, 3.05) is 63.9 Å². The molecule has 4 rings (SSSR count). The maximum atomic E-state index is 12.9. The Bertz CT molecular complexity index is 883. The molecule has 1 unspecified atom stereocenters. The van der Waals surface area contributed by atoms with Crippen LogP contribution in [0.1, 0.15) is 11.6 Å². The monoisotopic (exact) mass is 444 g/mol. The zero-order chi connectivity index (χ0) is 21.6. The fourth-order valence-electron chi connectivity index (χ4n) is 4.22. The molecule has 2 saturated heterocycles. The predicted octanol–water partition coefficient (Wildman–Crippen LogP) is 2.95. The van der Waals surface area contributed by atoms with Crippen LogP contribution in [0.5, 0.6) is 5.75 Å². The van der Waals surface area contributed by atoms with Crippen LogP contribution in [0.15, 0.2) is 48.5 Å². The second-order valence-corrected chi connectivity index (χ2v) is 8.27. The van der Waals surface area contributed by atoms with E-state index >= 15 is 0 Å². The van der Waals surface area contributed by atoms with E-state index in [1.165, 1.54) is 0 Å². The van der Waals surface area contributed by atoms with E-state index in [4.69, 9.17) is 16.3 Å². The van der Waals surface area contributed by atoms with Crippen LogP contribution >= 0.6 is 11.6 Å². The summed E-state index contributed by atoms with van der Waals surface area (Å²) < 4.78 is 5.50. The van der Waals surface area contributed by atoms with Gasteiger partial charge in [0, 0.05) is 62.6 Å². The number of nitrogens with zero attached hydrogens (tertiary/aromatic N) is 3. The fourth-order valence-corrected chi connectivity index (χ4v) is 4.49. The third-order valence-electron chi connectivity index (χ3n) is 5.96. The lowest BCUT2D eigenvalue weighted by atomic mass is 10.0. The van der Waals surface area contributed by atoms with E-state index in [0.717, 1.165) is 37.4 Å². The van der Waals surface area contributed by atoms with Crippen molar-refractivity contribution >= 4 is 23.3 Å². The molecule has 0 radical (unpaired) electrons. The average Bonchev–Trinajstić information content (AvgIpc) is 2.81. The van der Waals surface area contributed by atoms with Crippen molar-refractivity contribution < 1.29 is 14.6 Å². The van der Waals surface area contributed by atoms with Gasteiger partial charge in [0.05, 0.1) is 19.3 Å². The van der Waals surface area contributed by atoms with Gasteiger partial charge >= 0.3 is 6.03 Å². The molecule has 0 bridgehead atoms. The largest absolute Gasteiger partial charge is 0.508 e. The molecule has 1 atom stereocenters. The zero-order valence-corrected chi connectivity index (χ0v) is 18.3. The standard InChI is InChI=1S/C23H29ClN4O3/c24-21-7-2-1-6-20(21)22(27-12-14-31-15-13-27)17-25-23(30)28-10-8-26(9-11-28)18-4-3-5-19(29)16-18/h1-7,16,22,29H,8-15,17H2,(H,25,30). The second kappa shape index (κ2) is 10.2. The lowest BCUT2D eigenvalue weighted by molar-refractivity contribution is 0.0165. The summed E-state index contributed by atoms with van der Waals surface area (Å²) in [7, 11) is 0. The summed E-state index contributed by atoms with van der Waals surface area (Å²) >= 11 is 6.48. The van der Waals surface area contributed by atoms with Crippen LogP contribution in [-0.4, -0.2) is 80.0 Å². The topological polar surface area (TPSA) is 68.3 Å². The molecule has 31 heavy (non-hydrogen) atoms. The van der Waals surface area contributed by atoms with Crippen molar-refractivity contribution in [1.29, 1.82) is 0 Å². The minimum Gasteiger partial charge on any atom is -0.508 e. The SMILES string of the molecule is O=C(NCC(c1ccccc1Cl)N1CCOCC1)N1CCN(c2cccc(O)c2)CC1. The zero-order valence-electron chi connectivity index (χ0n) is 17.5. The van der Waals surface area contributed by atoms with Gasteiger partial charge in [0.25, 0.3) is 0 Å². The first-order valence-corrected chi connectivity index (χ1v) is 11.1. The summed E-state index contributed by atoms with van der Waals surface area (Å²) in [4.78, 5) is 19.2. The average molecular weight is 445 g/mol. The van der Waals surface area contributed by atoms with Gasteiger partial charge in [0.15, 0.2) is 0 Å². The number of hydrogen-bond acceptors (Lipinski definition) is 5. The summed E-state index contributed by atoms with van der Waals surface area (Å²) in [5, 5.41) is 13.5.